The van der Waals surface area contributed by atoms with Gasteiger partial charge in [-0.3, -0.25) is 8.60 Å². The Balaban J connectivity index is 2.84. The van der Waals surface area contributed by atoms with E-state index in [1.807, 2.05) is 0 Å². The van der Waals surface area contributed by atoms with Gasteiger partial charge in [-0.05, 0) is 12.8 Å². The van der Waals surface area contributed by atoms with Crippen LogP contribution in [0.5, 0.6) is 0 Å². The van der Waals surface area contributed by atoms with Crippen molar-refractivity contribution in [1.29, 1.82) is 0 Å². The van der Waals surface area contributed by atoms with Crippen LogP contribution >= 0.6 is 0 Å². The third-order valence-corrected chi connectivity index (χ3v) is 1.82. The lowest BCUT2D eigenvalue weighted by Crippen LogP contribution is -1.94. The van der Waals surface area contributed by atoms with Crippen LogP contribution in [-0.4, -0.2) is 21.2 Å². The van der Waals surface area contributed by atoms with Crippen LogP contribution in [0.1, 0.15) is 25.7 Å². The molecule has 0 aromatic heterocycles. The van der Waals surface area contributed by atoms with E-state index in [-0.39, 0.29) is 12.4 Å². The molecule has 4 heteroatoms. The molecule has 10 heavy (non-hydrogen) atoms. The number of rotatable bonds is 6. The first-order valence-electron chi connectivity index (χ1n) is 3.39. The van der Waals surface area contributed by atoms with Gasteiger partial charge >= 0.3 is 0 Å². The summed E-state index contributed by atoms with van der Waals surface area (Å²) in [5.74, 6) is 0.215. The van der Waals surface area contributed by atoms with Gasteiger partial charge in [0.25, 0.3) is 0 Å². The van der Waals surface area contributed by atoms with E-state index in [1.165, 1.54) is 0 Å². The van der Waals surface area contributed by atoms with Gasteiger partial charge < -0.3 is 4.55 Å². The normalized spacial score (nSPS) is 13.4. The summed E-state index contributed by atoms with van der Waals surface area (Å²) < 4.78 is 31.4. The summed E-state index contributed by atoms with van der Waals surface area (Å²) in [6.45, 7) is -0.291. The quantitative estimate of drug-likeness (QED) is 0.443. The average molecular weight is 167 g/mol. The Morgan fingerprint density at radius 1 is 1.20 bits per heavy atom. The summed E-state index contributed by atoms with van der Waals surface area (Å²) in [6.07, 6.45) is 2.84. The topological polar surface area (TPSA) is 40.1 Å². The summed E-state index contributed by atoms with van der Waals surface area (Å²) in [5, 5.41) is 0. The van der Waals surface area contributed by atoms with Crippen molar-refractivity contribution in [2.75, 3.05) is 12.4 Å². The van der Waals surface area contributed by atoms with E-state index < -0.39 is 11.1 Å². The van der Waals surface area contributed by atoms with Crippen LogP contribution in [-0.2, 0) is 11.1 Å². The van der Waals surface area contributed by atoms with E-state index >= 15 is 0 Å². The Hall–Kier alpha value is 0.0400. The lowest BCUT2D eigenvalue weighted by atomic mass is 10.2. The largest absolute Gasteiger partial charge is 0.772 e. The van der Waals surface area contributed by atoms with E-state index in [0.717, 1.165) is 12.8 Å². The second kappa shape index (κ2) is 7.15. The third kappa shape index (κ3) is 8.04. The molecule has 0 radical (unpaired) electrons. The zero-order valence-corrected chi connectivity index (χ0v) is 6.66. The Morgan fingerprint density at radius 2 is 1.80 bits per heavy atom. The summed E-state index contributed by atoms with van der Waals surface area (Å²) in [5.41, 5.74) is 0. The van der Waals surface area contributed by atoms with Gasteiger partial charge in [0.15, 0.2) is 0 Å². The van der Waals surface area contributed by atoms with Gasteiger partial charge in [0.05, 0.1) is 6.67 Å². The first-order valence-corrected chi connectivity index (χ1v) is 4.63. The van der Waals surface area contributed by atoms with E-state index in [1.54, 1.807) is 0 Å². The number of halogens is 1. The van der Waals surface area contributed by atoms with Gasteiger partial charge in [0, 0.05) is 5.75 Å². The van der Waals surface area contributed by atoms with E-state index in [4.69, 9.17) is 0 Å². The Morgan fingerprint density at radius 3 is 2.30 bits per heavy atom. The molecule has 0 aromatic rings. The summed E-state index contributed by atoms with van der Waals surface area (Å²) in [6, 6.07) is 0. The molecule has 0 aliphatic rings. The molecule has 0 amide bonds. The predicted octanol–water partition coefficient (Wildman–Crippen LogP) is 1.40. The van der Waals surface area contributed by atoms with Gasteiger partial charge in [-0.1, -0.05) is 23.9 Å². The van der Waals surface area contributed by atoms with E-state index in [9.17, 15) is 13.2 Å². The van der Waals surface area contributed by atoms with Crippen molar-refractivity contribution in [2.45, 2.75) is 25.7 Å². The lowest BCUT2D eigenvalue weighted by molar-refractivity contribution is 0.454. The molecular formula is C6H12FO2S-. The fourth-order valence-electron chi connectivity index (χ4n) is 0.668. The smallest absolute Gasteiger partial charge is 0.0894 e. The highest BCUT2D eigenvalue weighted by molar-refractivity contribution is 7.79. The minimum atomic E-state index is -1.91. The van der Waals surface area contributed by atoms with Crippen molar-refractivity contribution in [2.24, 2.45) is 0 Å². The number of hydrogen-bond acceptors (Lipinski definition) is 2. The first-order chi connectivity index (χ1) is 4.77. The number of unbranched alkanes of at least 4 members (excludes halogenated alkanes) is 3. The van der Waals surface area contributed by atoms with Gasteiger partial charge in [-0.15, -0.1) is 0 Å². The highest BCUT2D eigenvalue weighted by Gasteiger charge is 1.88. The molecule has 2 nitrogen and oxygen atoms in total. The SMILES string of the molecule is O=S([O-])CCCCCCF. The molecule has 0 heterocycles. The van der Waals surface area contributed by atoms with Crippen LogP contribution in [0.2, 0.25) is 0 Å². The highest BCUT2D eigenvalue weighted by atomic mass is 32.2. The minimum absolute atomic E-state index is 0.215. The van der Waals surface area contributed by atoms with Crippen molar-refractivity contribution in [3.63, 3.8) is 0 Å². The second-order valence-corrected chi connectivity index (χ2v) is 3.13. The third-order valence-electron chi connectivity index (χ3n) is 1.19. The Bertz CT molecular complexity index is 97.7. The van der Waals surface area contributed by atoms with Crippen molar-refractivity contribution < 1.29 is 13.2 Å². The maximum Gasteiger partial charge on any atom is 0.0894 e. The standard InChI is InChI=1S/C6H13FO2S/c7-5-3-1-2-4-6-10(8)9/h1-6H2,(H,8,9)/p-1. The monoisotopic (exact) mass is 167 g/mol. The van der Waals surface area contributed by atoms with Crippen LogP contribution in [0.3, 0.4) is 0 Å². The first kappa shape index (κ1) is 10.0. The maximum atomic E-state index is 11.5. The molecule has 62 valence electrons. The number of hydrogen-bond donors (Lipinski definition) is 0. The summed E-state index contributed by atoms with van der Waals surface area (Å²) >= 11 is -1.91. The van der Waals surface area contributed by atoms with Crippen molar-refractivity contribution in [3.05, 3.63) is 0 Å². The number of alkyl halides is 1. The van der Waals surface area contributed by atoms with Crippen LogP contribution in [0, 0.1) is 0 Å². The highest BCUT2D eigenvalue weighted by Crippen LogP contribution is 2.00. The molecule has 0 rings (SSSR count). The van der Waals surface area contributed by atoms with E-state index in [2.05, 4.69) is 0 Å². The Labute approximate surface area is 63.1 Å². The van der Waals surface area contributed by atoms with Crippen molar-refractivity contribution in [1.82, 2.24) is 0 Å². The molecule has 0 bridgehead atoms. The molecule has 0 saturated carbocycles. The van der Waals surface area contributed by atoms with Crippen LogP contribution < -0.4 is 0 Å². The second-order valence-electron chi connectivity index (χ2n) is 2.11. The van der Waals surface area contributed by atoms with Crippen LogP contribution in [0.25, 0.3) is 0 Å². The molecule has 1 atom stereocenters. The van der Waals surface area contributed by atoms with Crippen molar-refractivity contribution >= 4 is 11.1 Å². The van der Waals surface area contributed by atoms with Crippen LogP contribution in [0.15, 0.2) is 0 Å². The fourth-order valence-corrected chi connectivity index (χ4v) is 1.11. The van der Waals surface area contributed by atoms with Gasteiger partial charge in [0.2, 0.25) is 0 Å². The molecule has 1 unspecified atom stereocenters. The molecule has 0 spiro atoms. The molecule has 0 aliphatic heterocycles. The molecule has 0 saturated heterocycles. The molecule has 0 aromatic carbocycles. The maximum absolute atomic E-state index is 11.5. The molecular weight excluding hydrogens is 155 g/mol. The van der Waals surface area contributed by atoms with Gasteiger partial charge in [0.1, 0.15) is 0 Å². The zero-order valence-electron chi connectivity index (χ0n) is 5.85. The Kier molecular flexibility index (Phi) is 7.18. The van der Waals surface area contributed by atoms with Gasteiger partial charge in [-0.25, -0.2) is 0 Å². The summed E-state index contributed by atoms with van der Waals surface area (Å²) in [4.78, 5) is 0. The molecule has 0 N–H and O–H groups in total. The van der Waals surface area contributed by atoms with Crippen molar-refractivity contribution in [3.8, 4) is 0 Å². The van der Waals surface area contributed by atoms with E-state index in [0.29, 0.717) is 12.8 Å². The minimum Gasteiger partial charge on any atom is -0.772 e. The molecule has 0 fully saturated rings. The zero-order chi connectivity index (χ0) is 7.82. The lowest BCUT2D eigenvalue weighted by Gasteiger charge is -2.02. The van der Waals surface area contributed by atoms with Gasteiger partial charge in [-0.2, -0.15) is 0 Å². The summed E-state index contributed by atoms with van der Waals surface area (Å²) in [7, 11) is 0. The average Bonchev–Trinajstić information content (AvgIpc) is 1.87. The predicted molar refractivity (Wildman–Crippen MR) is 38.2 cm³/mol. The van der Waals surface area contributed by atoms with Crippen LogP contribution in [0.4, 0.5) is 4.39 Å². The fraction of sp³-hybridized carbons (Fsp3) is 1.00. The molecule has 0 aliphatic carbocycles.